The average Bonchev–Trinajstić information content (AvgIpc) is 2.68. The van der Waals surface area contributed by atoms with Gasteiger partial charge in [0.1, 0.15) is 12.4 Å². The molecule has 0 radical (unpaired) electrons. The van der Waals surface area contributed by atoms with Gasteiger partial charge in [-0.1, -0.05) is 6.07 Å². The van der Waals surface area contributed by atoms with E-state index in [0.29, 0.717) is 48.9 Å². The summed E-state index contributed by atoms with van der Waals surface area (Å²) in [4.78, 5) is 25.2. The van der Waals surface area contributed by atoms with Crippen molar-refractivity contribution >= 4 is 42.8 Å². The molecule has 0 atom stereocenters. The van der Waals surface area contributed by atoms with Crippen molar-refractivity contribution in [2.45, 2.75) is 6.61 Å². The standard InChI is InChI=1S/C17H19FN6O3.2ClH/c18-14-2-1-11(10-27-17(25)23-15(19)20)7-13(14)12-8-21-16(22-9-12)24-3-5-26-6-4-24;;/h1-2,7-9H,3-6,10H2,(H4,19,20,23,25);2*1H. The molecule has 0 unspecified atom stereocenters. The van der Waals surface area contributed by atoms with Gasteiger partial charge < -0.3 is 25.8 Å². The maximum Gasteiger partial charge on any atom is 0.437 e. The van der Waals surface area contributed by atoms with Crippen LogP contribution < -0.4 is 16.4 Å². The van der Waals surface area contributed by atoms with Gasteiger partial charge in [-0.2, -0.15) is 0 Å². The van der Waals surface area contributed by atoms with Crippen LogP contribution in [0.15, 0.2) is 35.6 Å². The molecule has 12 heteroatoms. The molecule has 1 aromatic heterocycles. The van der Waals surface area contributed by atoms with E-state index >= 15 is 0 Å². The number of nitrogens with two attached hydrogens (primary N) is 2. The Morgan fingerprint density at radius 3 is 2.48 bits per heavy atom. The Labute approximate surface area is 179 Å². The molecule has 0 bridgehead atoms. The molecule has 2 heterocycles. The minimum Gasteiger partial charge on any atom is -0.443 e. The van der Waals surface area contributed by atoms with Crippen LogP contribution in [-0.4, -0.2) is 48.3 Å². The van der Waals surface area contributed by atoms with Crippen molar-refractivity contribution in [1.82, 2.24) is 9.97 Å². The number of hydrogen-bond donors (Lipinski definition) is 2. The third-order valence-electron chi connectivity index (χ3n) is 3.86. The number of morpholine rings is 1. The van der Waals surface area contributed by atoms with Gasteiger partial charge in [-0.3, -0.25) is 0 Å². The summed E-state index contributed by atoms with van der Waals surface area (Å²) in [5, 5.41) is 0. The number of amides is 1. The number of carbonyl (C=O) groups is 1. The van der Waals surface area contributed by atoms with Crippen molar-refractivity contribution in [3.8, 4) is 11.1 Å². The Balaban J connectivity index is 0.00000210. The number of hydrogen-bond acceptors (Lipinski definition) is 6. The fraction of sp³-hybridized carbons (Fsp3) is 0.294. The number of aromatic nitrogens is 2. The first-order valence-electron chi connectivity index (χ1n) is 8.23. The molecule has 0 spiro atoms. The molecule has 1 fully saturated rings. The molecule has 1 amide bonds. The molecule has 0 aliphatic carbocycles. The Kier molecular flexibility index (Phi) is 9.53. The molecule has 158 valence electrons. The fourth-order valence-electron chi connectivity index (χ4n) is 2.55. The molecule has 4 N–H and O–H groups in total. The van der Waals surface area contributed by atoms with Gasteiger partial charge in [-0.25, -0.2) is 19.2 Å². The summed E-state index contributed by atoms with van der Waals surface area (Å²) in [5.74, 6) is -0.251. The van der Waals surface area contributed by atoms with Crippen LogP contribution in [0, 0.1) is 5.82 Å². The summed E-state index contributed by atoms with van der Waals surface area (Å²) >= 11 is 0. The Morgan fingerprint density at radius 1 is 1.21 bits per heavy atom. The highest BCUT2D eigenvalue weighted by Crippen LogP contribution is 2.24. The SMILES string of the molecule is Cl.Cl.NC(N)=NC(=O)OCc1ccc(F)c(-c2cnc(N3CCOCC3)nc2)c1. The number of benzene rings is 1. The van der Waals surface area contributed by atoms with Crippen LogP contribution in [0.3, 0.4) is 0 Å². The van der Waals surface area contributed by atoms with E-state index in [1.54, 1.807) is 18.5 Å². The zero-order valence-corrected chi connectivity index (χ0v) is 16.9. The van der Waals surface area contributed by atoms with E-state index in [0.717, 1.165) is 0 Å². The van der Waals surface area contributed by atoms with E-state index in [9.17, 15) is 9.18 Å². The largest absolute Gasteiger partial charge is 0.443 e. The monoisotopic (exact) mass is 446 g/mol. The molecular formula is C17H21Cl2FN6O3. The van der Waals surface area contributed by atoms with E-state index in [4.69, 9.17) is 20.9 Å². The van der Waals surface area contributed by atoms with Crippen molar-refractivity contribution in [3.05, 3.63) is 42.0 Å². The highest BCUT2D eigenvalue weighted by Gasteiger charge is 2.15. The topological polar surface area (TPSA) is 129 Å². The summed E-state index contributed by atoms with van der Waals surface area (Å²) in [7, 11) is 0. The predicted molar refractivity (Wildman–Crippen MR) is 111 cm³/mol. The third-order valence-corrected chi connectivity index (χ3v) is 3.86. The van der Waals surface area contributed by atoms with Crippen LogP contribution in [0.4, 0.5) is 15.1 Å². The maximum absolute atomic E-state index is 14.2. The number of rotatable bonds is 4. The summed E-state index contributed by atoms with van der Waals surface area (Å²) in [6.07, 6.45) is 2.20. The van der Waals surface area contributed by atoms with Gasteiger partial charge in [0.15, 0.2) is 5.96 Å². The lowest BCUT2D eigenvalue weighted by Gasteiger charge is -2.26. The van der Waals surface area contributed by atoms with Crippen LogP contribution in [0.2, 0.25) is 0 Å². The highest BCUT2D eigenvalue weighted by molar-refractivity contribution is 5.87. The first-order valence-corrected chi connectivity index (χ1v) is 8.23. The molecule has 1 aliphatic rings. The van der Waals surface area contributed by atoms with Gasteiger partial charge >= 0.3 is 6.09 Å². The third kappa shape index (κ3) is 6.70. The lowest BCUT2D eigenvalue weighted by atomic mass is 10.1. The molecule has 1 aromatic carbocycles. The normalized spacial score (nSPS) is 12.9. The molecule has 9 nitrogen and oxygen atoms in total. The van der Waals surface area contributed by atoms with E-state index in [1.165, 1.54) is 12.1 Å². The quantitative estimate of drug-likeness (QED) is 0.537. The van der Waals surface area contributed by atoms with E-state index in [-0.39, 0.29) is 31.4 Å². The minimum atomic E-state index is -0.918. The van der Waals surface area contributed by atoms with E-state index in [2.05, 4.69) is 15.0 Å². The molecule has 0 saturated carbocycles. The van der Waals surface area contributed by atoms with Crippen LogP contribution in [0.1, 0.15) is 5.56 Å². The second kappa shape index (κ2) is 11.3. The Bertz CT molecular complexity index is 844. The molecule has 29 heavy (non-hydrogen) atoms. The van der Waals surface area contributed by atoms with E-state index in [1.807, 2.05) is 4.90 Å². The number of halogens is 3. The first kappa shape index (κ1) is 24.3. The zero-order valence-electron chi connectivity index (χ0n) is 15.3. The van der Waals surface area contributed by atoms with Crippen LogP contribution in [-0.2, 0) is 16.1 Å². The molecular weight excluding hydrogens is 426 g/mol. The van der Waals surface area contributed by atoms with Crippen LogP contribution in [0.25, 0.3) is 11.1 Å². The summed E-state index contributed by atoms with van der Waals surface area (Å²) in [6, 6.07) is 4.35. The molecule has 2 aromatic rings. The number of carbonyl (C=O) groups excluding carboxylic acids is 1. The van der Waals surface area contributed by atoms with Crippen LogP contribution in [0.5, 0.6) is 0 Å². The van der Waals surface area contributed by atoms with Crippen molar-refractivity contribution < 1.29 is 18.7 Å². The van der Waals surface area contributed by atoms with Gasteiger partial charge in [-0.05, 0) is 17.7 Å². The maximum atomic E-state index is 14.2. The van der Waals surface area contributed by atoms with Gasteiger partial charge in [0.25, 0.3) is 0 Å². The second-order valence-corrected chi connectivity index (χ2v) is 5.78. The first-order chi connectivity index (χ1) is 13.0. The van der Waals surface area contributed by atoms with Gasteiger partial charge in [-0.15, -0.1) is 29.8 Å². The van der Waals surface area contributed by atoms with Crippen molar-refractivity contribution in [3.63, 3.8) is 0 Å². The number of guanidine groups is 1. The van der Waals surface area contributed by atoms with Crippen molar-refractivity contribution in [2.24, 2.45) is 16.5 Å². The number of ether oxygens (including phenoxy) is 2. The molecule has 3 rings (SSSR count). The average molecular weight is 447 g/mol. The highest BCUT2D eigenvalue weighted by atomic mass is 35.5. The summed E-state index contributed by atoms with van der Waals surface area (Å²) in [6.45, 7) is 2.57. The fourth-order valence-corrected chi connectivity index (χ4v) is 2.55. The Hall–Kier alpha value is -2.69. The number of aliphatic imine (C=N–C) groups is 1. The van der Waals surface area contributed by atoms with Gasteiger partial charge in [0, 0.05) is 36.6 Å². The summed E-state index contributed by atoms with van der Waals surface area (Å²) < 4.78 is 24.4. The number of nitrogens with zero attached hydrogens (tertiary/aromatic N) is 4. The van der Waals surface area contributed by atoms with Crippen LogP contribution >= 0.6 is 24.8 Å². The van der Waals surface area contributed by atoms with Crippen molar-refractivity contribution in [2.75, 3.05) is 31.2 Å². The Morgan fingerprint density at radius 2 is 1.86 bits per heavy atom. The molecule has 1 saturated heterocycles. The smallest absolute Gasteiger partial charge is 0.437 e. The predicted octanol–water partition coefficient (Wildman–Crippen LogP) is 1.87. The molecule has 1 aliphatic heterocycles. The van der Waals surface area contributed by atoms with Crippen molar-refractivity contribution in [1.29, 1.82) is 0 Å². The minimum absolute atomic E-state index is 0. The second-order valence-electron chi connectivity index (χ2n) is 5.78. The van der Waals surface area contributed by atoms with Gasteiger partial charge in [0.2, 0.25) is 5.95 Å². The van der Waals surface area contributed by atoms with Gasteiger partial charge in [0.05, 0.1) is 13.2 Å². The zero-order chi connectivity index (χ0) is 19.2. The van der Waals surface area contributed by atoms with E-state index < -0.39 is 17.9 Å². The number of anilines is 1. The summed E-state index contributed by atoms with van der Waals surface area (Å²) in [5.41, 5.74) is 11.6. The lowest BCUT2D eigenvalue weighted by molar-refractivity contribution is 0.122. The lowest BCUT2D eigenvalue weighted by Crippen LogP contribution is -2.37.